The van der Waals surface area contributed by atoms with Gasteiger partial charge in [0.2, 0.25) is 0 Å². The molecule has 5 rings (SSSR count). The van der Waals surface area contributed by atoms with Crippen LogP contribution in [0.2, 0.25) is 0 Å². The van der Waals surface area contributed by atoms with Gasteiger partial charge >= 0.3 is 0 Å². The molecule has 0 heterocycles. The molecule has 5 aromatic carbocycles. The minimum atomic E-state index is 1.04. The first-order chi connectivity index (χ1) is 18.3. The van der Waals surface area contributed by atoms with Gasteiger partial charge in [0.1, 0.15) is 0 Å². The maximum atomic E-state index is 4.05. The van der Waals surface area contributed by atoms with Crippen LogP contribution < -0.4 is 4.90 Å². The average molecular weight is 476 g/mol. The lowest BCUT2D eigenvalue weighted by Crippen LogP contribution is -2.10. The van der Waals surface area contributed by atoms with Crippen molar-refractivity contribution in [2.75, 3.05) is 4.90 Å². The number of benzene rings is 5. The third-order valence-electron chi connectivity index (χ3n) is 6.42. The molecule has 0 aliphatic rings. The van der Waals surface area contributed by atoms with Crippen LogP contribution in [0.5, 0.6) is 0 Å². The molecule has 0 aliphatic carbocycles. The maximum Gasteiger partial charge on any atom is 0.0468 e. The molecule has 1 heteroatoms. The fourth-order valence-electron chi connectivity index (χ4n) is 4.63. The van der Waals surface area contributed by atoms with Crippen molar-refractivity contribution in [1.29, 1.82) is 0 Å². The Balaban J connectivity index is 1.66. The zero-order valence-corrected chi connectivity index (χ0v) is 20.8. The first kappa shape index (κ1) is 23.8. The van der Waals surface area contributed by atoms with Gasteiger partial charge in [-0.15, -0.1) is 0 Å². The molecule has 0 aliphatic heterocycles. The second kappa shape index (κ2) is 11.2. The highest BCUT2D eigenvalue weighted by Crippen LogP contribution is 2.40. The summed E-state index contributed by atoms with van der Waals surface area (Å²) in [6.07, 6.45) is 5.70. The van der Waals surface area contributed by atoms with Gasteiger partial charge in [-0.05, 0) is 69.8 Å². The van der Waals surface area contributed by atoms with Crippen molar-refractivity contribution in [3.63, 3.8) is 0 Å². The van der Waals surface area contributed by atoms with Crippen molar-refractivity contribution in [3.8, 4) is 22.3 Å². The summed E-state index contributed by atoms with van der Waals surface area (Å²) in [5.41, 5.74) is 10.2. The van der Waals surface area contributed by atoms with E-state index in [4.69, 9.17) is 0 Å². The van der Waals surface area contributed by atoms with E-state index in [0.29, 0.717) is 0 Å². The quantitative estimate of drug-likeness (QED) is 0.202. The molecule has 178 valence electrons. The fourth-order valence-corrected chi connectivity index (χ4v) is 4.63. The Labute approximate surface area is 220 Å². The van der Waals surface area contributed by atoms with Crippen LogP contribution in [0, 0.1) is 0 Å². The summed E-state index contributed by atoms with van der Waals surface area (Å²) >= 11 is 0. The van der Waals surface area contributed by atoms with Crippen LogP contribution in [0.3, 0.4) is 0 Å². The molecule has 0 amide bonds. The van der Waals surface area contributed by atoms with E-state index < -0.39 is 0 Å². The molecule has 5 aromatic rings. The van der Waals surface area contributed by atoms with Crippen molar-refractivity contribution in [3.05, 3.63) is 170 Å². The number of rotatable bonds is 8. The van der Waals surface area contributed by atoms with E-state index in [1.807, 2.05) is 30.4 Å². The highest BCUT2D eigenvalue weighted by atomic mass is 15.1. The molecule has 0 aromatic heterocycles. The van der Waals surface area contributed by atoms with Gasteiger partial charge in [-0.25, -0.2) is 0 Å². The zero-order chi connectivity index (χ0) is 25.5. The molecule has 0 unspecified atom stereocenters. The number of para-hydroxylation sites is 1. The molecule has 0 saturated heterocycles. The van der Waals surface area contributed by atoms with Crippen molar-refractivity contribution in [2.45, 2.75) is 0 Å². The van der Waals surface area contributed by atoms with E-state index >= 15 is 0 Å². The minimum Gasteiger partial charge on any atom is -0.310 e. The molecule has 0 fully saturated rings. The van der Waals surface area contributed by atoms with Gasteiger partial charge in [-0.1, -0.05) is 128 Å². The molecular weight excluding hydrogens is 446 g/mol. The lowest BCUT2D eigenvalue weighted by molar-refractivity contribution is 1.28. The van der Waals surface area contributed by atoms with Gasteiger partial charge in [0.25, 0.3) is 0 Å². The summed E-state index contributed by atoms with van der Waals surface area (Å²) in [5, 5.41) is 0. The molecule has 0 radical (unpaired) electrons. The average Bonchev–Trinajstić information content (AvgIpc) is 2.98. The lowest BCUT2D eigenvalue weighted by atomic mass is 9.93. The van der Waals surface area contributed by atoms with Crippen LogP contribution in [0.4, 0.5) is 17.1 Å². The third-order valence-corrected chi connectivity index (χ3v) is 6.42. The Kier molecular flexibility index (Phi) is 7.24. The fraction of sp³-hybridized carbons (Fsp3) is 0. The summed E-state index contributed by atoms with van der Waals surface area (Å²) < 4.78 is 0. The molecular formula is C36H29N. The number of anilines is 3. The monoisotopic (exact) mass is 475 g/mol. The van der Waals surface area contributed by atoms with E-state index in [1.54, 1.807) is 0 Å². The molecule has 37 heavy (non-hydrogen) atoms. The Morgan fingerprint density at radius 3 is 1.62 bits per heavy atom. The smallest absolute Gasteiger partial charge is 0.0468 e. The van der Waals surface area contributed by atoms with Gasteiger partial charge in [0.05, 0.1) is 0 Å². The molecule has 1 nitrogen and oxygen atoms in total. The predicted molar refractivity (Wildman–Crippen MR) is 160 cm³/mol. The van der Waals surface area contributed by atoms with Gasteiger partial charge < -0.3 is 4.90 Å². The molecule has 0 bridgehead atoms. The van der Waals surface area contributed by atoms with Crippen LogP contribution in [-0.2, 0) is 0 Å². The van der Waals surface area contributed by atoms with E-state index in [-0.39, 0.29) is 0 Å². The Bertz CT molecular complexity index is 1510. The van der Waals surface area contributed by atoms with Gasteiger partial charge in [0.15, 0.2) is 0 Å². The summed E-state index contributed by atoms with van der Waals surface area (Å²) in [6, 6.07) is 46.9. The second-order valence-corrected chi connectivity index (χ2v) is 8.74. The zero-order valence-electron chi connectivity index (χ0n) is 20.8. The van der Waals surface area contributed by atoms with Crippen LogP contribution in [0.25, 0.3) is 27.8 Å². The highest BCUT2D eigenvalue weighted by molar-refractivity contribution is 5.89. The third kappa shape index (κ3) is 5.22. The Hall–Kier alpha value is -4.88. The maximum absolute atomic E-state index is 4.05. The largest absolute Gasteiger partial charge is 0.310 e. The van der Waals surface area contributed by atoms with Crippen molar-refractivity contribution in [1.82, 2.24) is 0 Å². The number of hydrogen-bond donors (Lipinski definition) is 0. The first-order valence-corrected chi connectivity index (χ1v) is 12.4. The van der Waals surface area contributed by atoms with E-state index in [2.05, 4.69) is 139 Å². The van der Waals surface area contributed by atoms with Gasteiger partial charge in [0, 0.05) is 17.1 Å². The number of hydrogen-bond acceptors (Lipinski definition) is 1. The molecule has 0 N–H and O–H groups in total. The Morgan fingerprint density at radius 2 is 1.03 bits per heavy atom. The molecule has 0 atom stereocenters. The van der Waals surface area contributed by atoms with E-state index in [1.165, 1.54) is 11.1 Å². The highest BCUT2D eigenvalue weighted by Gasteiger charge is 2.16. The van der Waals surface area contributed by atoms with E-state index in [9.17, 15) is 0 Å². The normalized spacial score (nSPS) is 11.1. The topological polar surface area (TPSA) is 3.24 Å². The SMILES string of the molecule is C=C/C=C(\C=C)c1ccc(N(c2ccccc2)c2ccc(-c3ccccc3)cc2)cc1-c1ccccc1. The van der Waals surface area contributed by atoms with Gasteiger partial charge in [-0.3, -0.25) is 0 Å². The van der Waals surface area contributed by atoms with E-state index in [0.717, 1.165) is 39.3 Å². The number of allylic oxidation sites excluding steroid dienone is 4. The Morgan fingerprint density at radius 1 is 0.514 bits per heavy atom. The minimum absolute atomic E-state index is 1.04. The second-order valence-electron chi connectivity index (χ2n) is 8.74. The summed E-state index contributed by atoms with van der Waals surface area (Å²) in [4.78, 5) is 2.30. The van der Waals surface area contributed by atoms with Crippen LogP contribution >= 0.6 is 0 Å². The summed E-state index contributed by atoms with van der Waals surface area (Å²) in [5.74, 6) is 0. The van der Waals surface area contributed by atoms with Crippen LogP contribution in [-0.4, -0.2) is 0 Å². The van der Waals surface area contributed by atoms with Crippen molar-refractivity contribution in [2.24, 2.45) is 0 Å². The molecule has 0 saturated carbocycles. The van der Waals surface area contributed by atoms with Crippen LogP contribution in [0.1, 0.15) is 5.56 Å². The summed E-state index contributed by atoms with van der Waals surface area (Å²) in [6.45, 7) is 7.95. The lowest BCUT2D eigenvalue weighted by Gasteiger charge is -2.27. The molecule has 0 spiro atoms. The van der Waals surface area contributed by atoms with Crippen LogP contribution in [0.15, 0.2) is 165 Å². The summed E-state index contributed by atoms with van der Waals surface area (Å²) in [7, 11) is 0. The standard InChI is InChI=1S/C36H29N/c1-3-14-28(4-2)35-26-25-34(27-36(35)31-17-10-6-11-18-31)37(32-19-12-7-13-20-32)33-23-21-30(22-24-33)29-15-8-5-9-16-29/h3-27H,1-2H2/b28-14+. The predicted octanol–water partition coefficient (Wildman–Crippen LogP) is 10.2. The van der Waals surface area contributed by atoms with Crippen molar-refractivity contribution < 1.29 is 0 Å². The number of nitrogens with zero attached hydrogens (tertiary/aromatic N) is 1. The first-order valence-electron chi connectivity index (χ1n) is 12.4. The van der Waals surface area contributed by atoms with Crippen molar-refractivity contribution >= 4 is 22.6 Å². The van der Waals surface area contributed by atoms with Gasteiger partial charge in [-0.2, -0.15) is 0 Å².